The fraction of sp³-hybridized carbons (Fsp3) is 0.304. The number of benzene rings is 2. The monoisotopic (exact) mass is 495 g/mol. The van der Waals surface area contributed by atoms with Gasteiger partial charge in [0, 0.05) is 23.7 Å². The van der Waals surface area contributed by atoms with Crippen molar-refractivity contribution in [2.75, 3.05) is 18.0 Å². The molecular formula is C23H21F4N3O3S. The minimum Gasteiger partial charge on any atom is -0.493 e. The Labute approximate surface area is 194 Å². The largest absolute Gasteiger partial charge is 0.493 e. The Hall–Kier alpha value is -3.21. The number of aryl methyl sites for hydroxylation is 1. The van der Waals surface area contributed by atoms with Crippen molar-refractivity contribution >= 4 is 15.8 Å². The molecular weight excluding hydrogens is 474 g/mol. The Morgan fingerprint density at radius 2 is 1.88 bits per heavy atom. The third kappa shape index (κ3) is 5.14. The first-order valence-corrected chi connectivity index (χ1v) is 12.0. The number of rotatable bonds is 7. The molecule has 4 rings (SSSR count). The van der Waals surface area contributed by atoms with Crippen molar-refractivity contribution in [1.82, 2.24) is 10.2 Å². The predicted octanol–water partition coefficient (Wildman–Crippen LogP) is 5.11. The second kappa shape index (κ2) is 9.57. The number of hydrogen-bond donors (Lipinski definition) is 1. The van der Waals surface area contributed by atoms with E-state index in [1.807, 2.05) is 0 Å². The SMILES string of the molecule is O=S(=O)(Nc1cccnn1)c1ccc2c(c1)OCCC2c1ccc(C(F)(F)F)cc1CCCF. The van der Waals surface area contributed by atoms with Gasteiger partial charge in [-0.2, -0.15) is 18.3 Å². The second-order valence-corrected chi connectivity index (χ2v) is 9.49. The zero-order valence-electron chi connectivity index (χ0n) is 17.8. The number of nitrogens with one attached hydrogen (secondary N) is 1. The Kier molecular flexibility index (Phi) is 6.74. The molecule has 0 radical (unpaired) electrons. The predicted molar refractivity (Wildman–Crippen MR) is 117 cm³/mol. The maximum Gasteiger partial charge on any atom is 0.416 e. The van der Waals surface area contributed by atoms with Gasteiger partial charge in [0.05, 0.1) is 23.7 Å². The maximum absolute atomic E-state index is 13.3. The Bertz CT molecular complexity index is 1270. The van der Waals surface area contributed by atoms with E-state index < -0.39 is 28.4 Å². The van der Waals surface area contributed by atoms with E-state index in [4.69, 9.17) is 4.74 Å². The van der Waals surface area contributed by atoms with Crippen LogP contribution in [0.3, 0.4) is 0 Å². The molecule has 1 aliphatic rings. The Morgan fingerprint density at radius 3 is 2.59 bits per heavy atom. The molecule has 34 heavy (non-hydrogen) atoms. The summed E-state index contributed by atoms with van der Waals surface area (Å²) in [6.45, 7) is -0.387. The summed E-state index contributed by atoms with van der Waals surface area (Å²) in [7, 11) is -3.97. The van der Waals surface area contributed by atoms with Gasteiger partial charge < -0.3 is 4.74 Å². The number of hydrogen-bond acceptors (Lipinski definition) is 5. The van der Waals surface area contributed by atoms with Crippen LogP contribution in [0.5, 0.6) is 5.75 Å². The van der Waals surface area contributed by atoms with Gasteiger partial charge in [-0.3, -0.25) is 9.11 Å². The van der Waals surface area contributed by atoms with Crippen molar-refractivity contribution in [2.24, 2.45) is 0 Å². The summed E-state index contributed by atoms with van der Waals surface area (Å²) in [4.78, 5) is -0.0531. The van der Waals surface area contributed by atoms with Gasteiger partial charge in [0.1, 0.15) is 5.75 Å². The number of alkyl halides is 4. The molecule has 0 saturated carbocycles. The van der Waals surface area contributed by atoms with E-state index in [0.717, 1.165) is 12.1 Å². The maximum atomic E-state index is 13.3. The van der Waals surface area contributed by atoms with Crippen molar-refractivity contribution in [3.8, 4) is 5.75 Å². The van der Waals surface area contributed by atoms with Gasteiger partial charge in [-0.25, -0.2) is 8.42 Å². The number of halogens is 4. The molecule has 1 aliphatic heterocycles. The van der Waals surface area contributed by atoms with Crippen LogP contribution in [0, 0.1) is 0 Å². The molecule has 2 aromatic carbocycles. The normalized spacial score (nSPS) is 15.9. The Balaban J connectivity index is 1.69. The first-order chi connectivity index (χ1) is 16.2. The molecule has 0 bridgehead atoms. The highest BCUT2D eigenvalue weighted by atomic mass is 32.2. The van der Waals surface area contributed by atoms with Gasteiger partial charge >= 0.3 is 6.18 Å². The van der Waals surface area contributed by atoms with E-state index in [9.17, 15) is 26.0 Å². The lowest BCUT2D eigenvalue weighted by atomic mass is 9.82. The average molecular weight is 495 g/mol. The topological polar surface area (TPSA) is 81.2 Å². The summed E-state index contributed by atoms with van der Waals surface area (Å²) < 4.78 is 86.1. The van der Waals surface area contributed by atoms with E-state index in [2.05, 4.69) is 14.9 Å². The van der Waals surface area contributed by atoms with Gasteiger partial charge in [0.2, 0.25) is 0 Å². The van der Waals surface area contributed by atoms with E-state index in [1.54, 1.807) is 6.07 Å². The molecule has 2 heterocycles. The van der Waals surface area contributed by atoms with Crippen molar-refractivity contribution in [1.29, 1.82) is 0 Å². The molecule has 11 heteroatoms. The van der Waals surface area contributed by atoms with Crippen molar-refractivity contribution in [3.05, 3.63) is 77.0 Å². The lowest BCUT2D eigenvalue weighted by Crippen LogP contribution is -2.19. The molecule has 0 amide bonds. The minimum absolute atomic E-state index is 0.0531. The number of sulfonamides is 1. The standard InChI is InChI=1S/C23H21F4N3O3S/c24-10-1-3-15-13-16(23(25,26)27)5-7-18(15)19-9-12-33-21-14-17(6-8-20(19)21)34(31,32)30-22-4-2-11-28-29-22/h2,4-8,11,13-14,19H,1,3,9-10,12H2,(H,29,30). The second-order valence-electron chi connectivity index (χ2n) is 7.81. The van der Waals surface area contributed by atoms with Crippen LogP contribution in [-0.4, -0.2) is 31.9 Å². The van der Waals surface area contributed by atoms with E-state index in [-0.39, 0.29) is 36.1 Å². The van der Waals surface area contributed by atoms with Crippen LogP contribution in [0.25, 0.3) is 0 Å². The quantitative estimate of drug-likeness (QED) is 0.461. The molecule has 0 fully saturated rings. The molecule has 1 N–H and O–H groups in total. The van der Waals surface area contributed by atoms with Crippen LogP contribution in [-0.2, 0) is 22.6 Å². The fourth-order valence-electron chi connectivity index (χ4n) is 4.01. The molecule has 0 spiro atoms. The molecule has 1 atom stereocenters. The third-order valence-electron chi connectivity index (χ3n) is 5.57. The van der Waals surface area contributed by atoms with Gasteiger partial charge in [-0.15, -0.1) is 5.10 Å². The number of anilines is 1. The van der Waals surface area contributed by atoms with Crippen molar-refractivity contribution < 1.29 is 30.7 Å². The fourth-order valence-corrected chi connectivity index (χ4v) is 5.02. The summed E-state index contributed by atoms with van der Waals surface area (Å²) in [5.41, 5.74) is 0.950. The van der Waals surface area contributed by atoms with Gasteiger partial charge in [-0.05, 0) is 60.7 Å². The highest BCUT2D eigenvalue weighted by Crippen LogP contribution is 2.42. The first-order valence-electron chi connectivity index (χ1n) is 10.5. The molecule has 180 valence electrons. The zero-order valence-corrected chi connectivity index (χ0v) is 18.7. The highest BCUT2D eigenvalue weighted by molar-refractivity contribution is 7.92. The smallest absolute Gasteiger partial charge is 0.416 e. The minimum atomic E-state index is -4.50. The molecule has 1 aromatic heterocycles. The summed E-state index contributed by atoms with van der Waals surface area (Å²) >= 11 is 0. The van der Waals surface area contributed by atoms with Crippen LogP contribution in [0.15, 0.2) is 59.6 Å². The molecule has 6 nitrogen and oxygen atoms in total. The van der Waals surface area contributed by atoms with Crippen LogP contribution < -0.4 is 9.46 Å². The molecule has 3 aromatic rings. The summed E-state index contributed by atoms with van der Waals surface area (Å²) in [6.07, 6.45) is -2.33. The lowest BCUT2D eigenvalue weighted by Gasteiger charge is -2.29. The van der Waals surface area contributed by atoms with E-state index in [1.165, 1.54) is 36.5 Å². The van der Waals surface area contributed by atoms with E-state index in [0.29, 0.717) is 28.9 Å². The summed E-state index contributed by atoms with van der Waals surface area (Å²) in [6, 6.07) is 10.9. The lowest BCUT2D eigenvalue weighted by molar-refractivity contribution is -0.137. The van der Waals surface area contributed by atoms with Crippen LogP contribution in [0.4, 0.5) is 23.4 Å². The van der Waals surface area contributed by atoms with E-state index >= 15 is 0 Å². The highest BCUT2D eigenvalue weighted by Gasteiger charge is 2.33. The third-order valence-corrected chi connectivity index (χ3v) is 6.92. The first kappa shape index (κ1) is 23.9. The number of aromatic nitrogens is 2. The van der Waals surface area contributed by atoms with Crippen molar-refractivity contribution in [3.63, 3.8) is 0 Å². The van der Waals surface area contributed by atoms with Gasteiger partial charge in [0.15, 0.2) is 5.82 Å². The Morgan fingerprint density at radius 1 is 1.09 bits per heavy atom. The summed E-state index contributed by atoms with van der Waals surface area (Å²) in [5.74, 6) is 0.0706. The molecule has 0 saturated heterocycles. The zero-order chi connectivity index (χ0) is 24.3. The van der Waals surface area contributed by atoms with Crippen molar-refractivity contribution in [2.45, 2.75) is 36.3 Å². The van der Waals surface area contributed by atoms with Gasteiger partial charge in [-0.1, -0.05) is 12.1 Å². The van der Waals surface area contributed by atoms with Crippen LogP contribution in [0.1, 0.15) is 41.0 Å². The van der Waals surface area contributed by atoms with Crippen LogP contribution in [0.2, 0.25) is 0 Å². The molecule has 0 aliphatic carbocycles. The number of fused-ring (bicyclic) bond motifs is 1. The average Bonchev–Trinajstić information content (AvgIpc) is 2.81. The molecule has 1 unspecified atom stereocenters. The van der Waals surface area contributed by atoms with Crippen LogP contribution >= 0.6 is 0 Å². The number of ether oxygens (including phenoxy) is 1. The van der Waals surface area contributed by atoms with Gasteiger partial charge in [0.25, 0.3) is 10.0 Å². The summed E-state index contributed by atoms with van der Waals surface area (Å²) in [5, 5.41) is 7.34. The number of nitrogens with zero attached hydrogens (tertiary/aromatic N) is 2.